The van der Waals surface area contributed by atoms with E-state index in [1.54, 1.807) is 18.0 Å². The van der Waals surface area contributed by atoms with Crippen molar-refractivity contribution < 1.29 is 19.1 Å². The molecule has 3 rings (SSSR count). The molecule has 2 aromatic carbocycles. The lowest BCUT2D eigenvalue weighted by Gasteiger charge is -2.05. The van der Waals surface area contributed by atoms with Crippen LogP contribution >= 0.6 is 0 Å². The summed E-state index contributed by atoms with van der Waals surface area (Å²) in [4.78, 5) is 24.0. The number of carbonyl (C=O) groups excluding carboxylic acids is 2. The van der Waals surface area contributed by atoms with E-state index in [-0.39, 0.29) is 24.8 Å². The van der Waals surface area contributed by atoms with E-state index >= 15 is 0 Å². The molecule has 0 spiro atoms. The highest BCUT2D eigenvalue weighted by Crippen LogP contribution is 2.25. The molecule has 0 aliphatic carbocycles. The van der Waals surface area contributed by atoms with Crippen molar-refractivity contribution in [2.24, 2.45) is 0 Å². The molecule has 7 nitrogen and oxygen atoms in total. The molecule has 0 atom stereocenters. The number of carbonyl (C=O) groups is 2. The van der Waals surface area contributed by atoms with Crippen molar-refractivity contribution in [1.82, 2.24) is 15.1 Å². The number of rotatable bonds is 7. The molecule has 7 heteroatoms. The summed E-state index contributed by atoms with van der Waals surface area (Å²) in [5, 5.41) is 7.35. The van der Waals surface area contributed by atoms with Crippen LogP contribution in [-0.2, 0) is 9.53 Å². The predicted molar refractivity (Wildman–Crippen MR) is 105 cm³/mol. The van der Waals surface area contributed by atoms with E-state index in [0.717, 1.165) is 17.0 Å². The lowest BCUT2D eigenvalue weighted by atomic mass is 10.1. The Bertz CT molecular complexity index is 950. The van der Waals surface area contributed by atoms with Crippen LogP contribution in [0.1, 0.15) is 16.8 Å². The van der Waals surface area contributed by atoms with Gasteiger partial charge >= 0.3 is 5.97 Å². The first-order valence-corrected chi connectivity index (χ1v) is 8.77. The zero-order valence-electron chi connectivity index (χ0n) is 15.7. The van der Waals surface area contributed by atoms with Crippen molar-refractivity contribution in [2.75, 3.05) is 20.8 Å². The van der Waals surface area contributed by atoms with E-state index < -0.39 is 0 Å². The summed E-state index contributed by atoms with van der Waals surface area (Å²) < 4.78 is 11.5. The topological polar surface area (TPSA) is 82.5 Å². The van der Waals surface area contributed by atoms with Gasteiger partial charge in [-0.2, -0.15) is 5.10 Å². The van der Waals surface area contributed by atoms with Crippen LogP contribution in [0, 0.1) is 0 Å². The summed E-state index contributed by atoms with van der Waals surface area (Å²) in [6.07, 6.45) is 1.79. The lowest BCUT2D eigenvalue weighted by Crippen LogP contribution is -2.26. The highest BCUT2D eigenvalue weighted by Gasteiger charge is 2.19. The van der Waals surface area contributed by atoms with Gasteiger partial charge in [-0.1, -0.05) is 18.2 Å². The highest BCUT2D eigenvalue weighted by atomic mass is 16.5. The molecular weight excluding hydrogens is 358 g/mol. The van der Waals surface area contributed by atoms with Crippen molar-refractivity contribution in [3.05, 3.63) is 66.4 Å². The minimum Gasteiger partial charge on any atom is -0.497 e. The molecule has 1 N–H and O–H groups in total. The second-order valence-corrected chi connectivity index (χ2v) is 5.98. The van der Waals surface area contributed by atoms with Crippen molar-refractivity contribution >= 4 is 11.9 Å². The molecular formula is C21H21N3O4. The number of aromatic nitrogens is 2. The molecule has 28 heavy (non-hydrogen) atoms. The van der Waals surface area contributed by atoms with Crippen LogP contribution in [0.4, 0.5) is 0 Å². The fourth-order valence-corrected chi connectivity index (χ4v) is 2.69. The maximum Gasteiger partial charge on any atom is 0.307 e. The van der Waals surface area contributed by atoms with Crippen molar-refractivity contribution in [3.8, 4) is 22.7 Å². The third kappa shape index (κ3) is 4.37. The number of hydrogen-bond donors (Lipinski definition) is 1. The molecule has 0 unspecified atom stereocenters. The number of ether oxygens (including phenoxy) is 2. The third-order valence-electron chi connectivity index (χ3n) is 4.19. The summed E-state index contributed by atoms with van der Waals surface area (Å²) in [6, 6.07) is 16.9. The maximum atomic E-state index is 12.7. The maximum absolute atomic E-state index is 12.7. The first kappa shape index (κ1) is 19.2. The van der Waals surface area contributed by atoms with Crippen molar-refractivity contribution in [2.45, 2.75) is 6.42 Å². The van der Waals surface area contributed by atoms with Crippen molar-refractivity contribution in [3.63, 3.8) is 0 Å². The zero-order valence-corrected chi connectivity index (χ0v) is 15.7. The number of methoxy groups -OCH3 is 2. The summed E-state index contributed by atoms with van der Waals surface area (Å²) >= 11 is 0. The Morgan fingerprint density at radius 2 is 1.75 bits per heavy atom. The minimum atomic E-state index is -0.379. The first-order chi connectivity index (χ1) is 13.6. The molecule has 3 aromatic rings. The van der Waals surface area contributed by atoms with Gasteiger partial charge in [-0.3, -0.25) is 9.59 Å². The molecule has 0 fully saturated rings. The van der Waals surface area contributed by atoms with E-state index in [1.165, 1.54) is 7.11 Å². The molecule has 0 aliphatic heterocycles. The standard InChI is InChI=1S/C21H21N3O4/c1-27-17-10-8-15(9-11-17)20-18(21(26)22-13-12-19(25)28-2)14-24(23-20)16-6-4-3-5-7-16/h3-11,14H,12-13H2,1-2H3,(H,22,26). The van der Waals surface area contributed by atoms with Gasteiger partial charge in [0.05, 0.1) is 31.9 Å². The van der Waals surface area contributed by atoms with Gasteiger partial charge in [-0.05, 0) is 36.4 Å². The van der Waals surface area contributed by atoms with Crippen LogP contribution in [0.2, 0.25) is 0 Å². The number of amides is 1. The van der Waals surface area contributed by atoms with Gasteiger partial charge in [0, 0.05) is 18.3 Å². The SMILES string of the molecule is COC(=O)CCNC(=O)c1cn(-c2ccccc2)nc1-c1ccc(OC)cc1. The largest absolute Gasteiger partial charge is 0.497 e. The molecule has 0 saturated carbocycles. The van der Waals surface area contributed by atoms with Crippen molar-refractivity contribution in [1.29, 1.82) is 0 Å². The van der Waals surface area contributed by atoms with Gasteiger partial charge in [0.1, 0.15) is 11.4 Å². The first-order valence-electron chi connectivity index (χ1n) is 8.77. The molecule has 1 amide bonds. The Morgan fingerprint density at radius 3 is 2.39 bits per heavy atom. The molecule has 0 bridgehead atoms. The Kier molecular flexibility index (Phi) is 6.06. The molecule has 0 saturated heterocycles. The lowest BCUT2D eigenvalue weighted by molar-refractivity contribution is -0.140. The summed E-state index contributed by atoms with van der Waals surface area (Å²) in [7, 11) is 2.91. The van der Waals surface area contributed by atoms with Crippen LogP contribution in [0.25, 0.3) is 16.9 Å². The van der Waals surface area contributed by atoms with Gasteiger partial charge in [0.2, 0.25) is 0 Å². The monoisotopic (exact) mass is 379 g/mol. The fraction of sp³-hybridized carbons (Fsp3) is 0.190. The molecule has 0 aliphatic rings. The minimum absolute atomic E-state index is 0.104. The summed E-state index contributed by atoms with van der Waals surface area (Å²) in [6.45, 7) is 0.185. The zero-order chi connectivity index (χ0) is 19.9. The Labute approximate surface area is 162 Å². The van der Waals surface area contributed by atoms with Gasteiger partial charge < -0.3 is 14.8 Å². The van der Waals surface area contributed by atoms with Gasteiger partial charge in [0.15, 0.2) is 0 Å². The average molecular weight is 379 g/mol. The molecule has 1 heterocycles. The van der Waals surface area contributed by atoms with E-state index in [0.29, 0.717) is 11.3 Å². The van der Waals surface area contributed by atoms with Crippen LogP contribution in [-0.4, -0.2) is 42.4 Å². The van der Waals surface area contributed by atoms with Crippen LogP contribution < -0.4 is 10.1 Å². The average Bonchev–Trinajstić information content (AvgIpc) is 3.20. The van der Waals surface area contributed by atoms with E-state index in [1.807, 2.05) is 54.6 Å². The van der Waals surface area contributed by atoms with Crippen LogP contribution in [0.15, 0.2) is 60.8 Å². The molecule has 0 radical (unpaired) electrons. The number of esters is 1. The molecule has 144 valence electrons. The molecule has 1 aromatic heterocycles. The fourth-order valence-electron chi connectivity index (χ4n) is 2.69. The van der Waals surface area contributed by atoms with Crippen LogP contribution in [0.3, 0.4) is 0 Å². The summed E-state index contributed by atoms with van der Waals surface area (Å²) in [5.74, 6) is 0.0304. The highest BCUT2D eigenvalue weighted by molar-refractivity contribution is 6.00. The van der Waals surface area contributed by atoms with Gasteiger partial charge in [-0.25, -0.2) is 4.68 Å². The van der Waals surface area contributed by atoms with Crippen LogP contribution in [0.5, 0.6) is 5.75 Å². The normalized spacial score (nSPS) is 10.4. The Balaban J connectivity index is 1.92. The number of nitrogens with zero attached hydrogens (tertiary/aromatic N) is 2. The Hall–Kier alpha value is -3.61. The number of benzene rings is 2. The quantitative estimate of drug-likeness (QED) is 0.639. The van der Waals surface area contributed by atoms with Gasteiger partial charge in [-0.15, -0.1) is 0 Å². The summed E-state index contributed by atoms with van der Waals surface area (Å²) in [5.41, 5.74) is 2.58. The smallest absolute Gasteiger partial charge is 0.307 e. The van der Waals surface area contributed by atoms with E-state index in [4.69, 9.17) is 4.74 Å². The van der Waals surface area contributed by atoms with E-state index in [2.05, 4.69) is 15.2 Å². The Morgan fingerprint density at radius 1 is 1.04 bits per heavy atom. The van der Waals surface area contributed by atoms with E-state index in [9.17, 15) is 9.59 Å². The predicted octanol–water partition coefficient (Wildman–Crippen LogP) is 2.84. The third-order valence-corrected chi connectivity index (χ3v) is 4.19. The van der Waals surface area contributed by atoms with Gasteiger partial charge in [0.25, 0.3) is 5.91 Å². The number of nitrogens with one attached hydrogen (secondary N) is 1. The second kappa shape index (κ2) is 8.85. The second-order valence-electron chi connectivity index (χ2n) is 5.98. The number of hydrogen-bond acceptors (Lipinski definition) is 5. The number of para-hydroxylation sites is 1.